The van der Waals surface area contributed by atoms with Crippen LogP contribution in [0.2, 0.25) is 0 Å². The smallest absolute Gasteiger partial charge is 0.235 e. The molecule has 4 rings (SSSR count). The highest BCUT2D eigenvalue weighted by atomic mass is 19.1. The molecule has 0 saturated heterocycles. The highest BCUT2D eigenvalue weighted by Gasteiger charge is 2.44. The molecule has 0 aliphatic heterocycles. The first-order valence-corrected chi connectivity index (χ1v) is 10.9. The van der Waals surface area contributed by atoms with Crippen molar-refractivity contribution >= 4 is 22.4 Å². The van der Waals surface area contributed by atoms with Crippen molar-refractivity contribution in [1.29, 1.82) is 0 Å². The van der Waals surface area contributed by atoms with Gasteiger partial charge in [0.1, 0.15) is 11.6 Å². The Morgan fingerprint density at radius 1 is 1.00 bits per heavy atom. The molecule has 0 radical (unpaired) electrons. The van der Waals surface area contributed by atoms with Crippen molar-refractivity contribution in [3.8, 4) is 5.75 Å². The Bertz CT molecular complexity index is 1040. The molecule has 1 amide bonds. The lowest BCUT2D eigenvalue weighted by Gasteiger charge is -2.29. The van der Waals surface area contributed by atoms with Gasteiger partial charge in [-0.05, 0) is 37.5 Å². The molecule has 3 nitrogen and oxygen atoms in total. The Balaban J connectivity index is 1.67. The van der Waals surface area contributed by atoms with Gasteiger partial charge in [0.2, 0.25) is 5.91 Å². The fourth-order valence-electron chi connectivity index (χ4n) is 4.52. The van der Waals surface area contributed by atoms with Crippen LogP contribution in [0.5, 0.6) is 5.75 Å². The zero-order valence-corrected chi connectivity index (χ0v) is 17.4. The van der Waals surface area contributed by atoms with Gasteiger partial charge in [-0.3, -0.25) is 4.79 Å². The third-order valence-electron chi connectivity index (χ3n) is 6.17. The fourth-order valence-corrected chi connectivity index (χ4v) is 4.52. The van der Waals surface area contributed by atoms with Crippen LogP contribution < -0.4 is 10.1 Å². The van der Waals surface area contributed by atoms with Crippen LogP contribution in [0, 0.1) is 5.82 Å². The maximum absolute atomic E-state index is 14.6. The summed E-state index contributed by atoms with van der Waals surface area (Å²) in [5.74, 6) is 0.385. The van der Waals surface area contributed by atoms with Crippen LogP contribution >= 0.6 is 0 Å². The molecular weight excluding hydrogens is 377 g/mol. The van der Waals surface area contributed by atoms with Gasteiger partial charge in [0.05, 0.1) is 12.0 Å². The van der Waals surface area contributed by atoms with E-state index in [2.05, 4.69) is 12.2 Å². The zero-order valence-electron chi connectivity index (χ0n) is 17.4. The number of benzene rings is 3. The highest BCUT2D eigenvalue weighted by molar-refractivity contribution is 6.07. The number of anilines is 1. The molecule has 1 fully saturated rings. The molecule has 1 N–H and O–H groups in total. The molecule has 4 heteroatoms. The lowest BCUT2D eigenvalue weighted by molar-refractivity contribution is -0.121. The van der Waals surface area contributed by atoms with Gasteiger partial charge in [-0.15, -0.1) is 0 Å². The average molecular weight is 406 g/mol. The molecule has 3 aromatic rings. The first kappa shape index (κ1) is 20.4. The molecule has 0 atom stereocenters. The van der Waals surface area contributed by atoms with Gasteiger partial charge in [0.25, 0.3) is 0 Å². The average Bonchev–Trinajstić information content (AvgIpc) is 3.27. The molecule has 1 saturated carbocycles. The number of carbonyl (C=O) groups excluding carboxylic acids is 1. The minimum atomic E-state index is -0.817. The van der Waals surface area contributed by atoms with Crippen LogP contribution in [-0.2, 0) is 10.2 Å². The number of halogens is 1. The molecule has 3 aromatic carbocycles. The molecule has 0 bridgehead atoms. The molecule has 30 heavy (non-hydrogen) atoms. The van der Waals surface area contributed by atoms with Crippen LogP contribution in [0.1, 0.15) is 51.0 Å². The molecule has 0 unspecified atom stereocenters. The summed E-state index contributed by atoms with van der Waals surface area (Å²) in [5.41, 5.74) is 0.424. The van der Waals surface area contributed by atoms with Crippen molar-refractivity contribution < 1.29 is 13.9 Å². The monoisotopic (exact) mass is 405 g/mol. The third-order valence-corrected chi connectivity index (χ3v) is 6.17. The number of hydrogen-bond acceptors (Lipinski definition) is 2. The van der Waals surface area contributed by atoms with E-state index in [4.69, 9.17) is 4.74 Å². The number of amides is 1. The van der Waals surface area contributed by atoms with E-state index in [1.165, 1.54) is 6.07 Å². The summed E-state index contributed by atoms with van der Waals surface area (Å²) < 4.78 is 20.6. The summed E-state index contributed by atoms with van der Waals surface area (Å²) >= 11 is 0. The number of rotatable bonds is 7. The van der Waals surface area contributed by atoms with E-state index in [1.807, 2.05) is 42.5 Å². The minimum Gasteiger partial charge on any atom is -0.493 e. The van der Waals surface area contributed by atoms with Crippen molar-refractivity contribution in [1.82, 2.24) is 0 Å². The van der Waals surface area contributed by atoms with Crippen molar-refractivity contribution in [3.63, 3.8) is 0 Å². The van der Waals surface area contributed by atoms with E-state index in [0.717, 1.165) is 47.9 Å². The van der Waals surface area contributed by atoms with Gasteiger partial charge in [-0.1, -0.05) is 68.7 Å². The van der Waals surface area contributed by atoms with Crippen molar-refractivity contribution in [2.75, 3.05) is 11.9 Å². The van der Waals surface area contributed by atoms with Crippen LogP contribution in [-0.4, -0.2) is 12.5 Å². The lowest BCUT2D eigenvalue weighted by Crippen LogP contribution is -2.38. The summed E-state index contributed by atoms with van der Waals surface area (Å²) in [5, 5.41) is 5.03. The first-order valence-electron chi connectivity index (χ1n) is 10.9. The summed E-state index contributed by atoms with van der Waals surface area (Å²) in [4.78, 5) is 13.5. The molecule has 0 spiro atoms. The number of hydrogen-bond donors (Lipinski definition) is 1. The Hall–Kier alpha value is -2.88. The first-order chi connectivity index (χ1) is 14.7. The standard InChI is InChI=1S/C26H28FNO2/c1-2-3-18-30-24-15-14-23(19-10-4-5-11-20(19)24)28-25(29)26(16-8-9-17-26)21-12-6-7-13-22(21)27/h4-7,10-15H,2-3,8-9,16-18H2,1H3,(H,28,29). The fraction of sp³-hybridized carbons (Fsp3) is 0.346. The van der Waals surface area contributed by atoms with Gasteiger partial charge in [0.15, 0.2) is 0 Å². The van der Waals surface area contributed by atoms with Crippen molar-refractivity contribution in [2.45, 2.75) is 50.9 Å². The number of ether oxygens (including phenoxy) is 1. The number of fused-ring (bicyclic) bond motifs is 1. The van der Waals surface area contributed by atoms with Crippen LogP contribution in [0.15, 0.2) is 60.7 Å². The minimum absolute atomic E-state index is 0.130. The molecule has 0 aromatic heterocycles. The maximum Gasteiger partial charge on any atom is 0.235 e. The molecular formula is C26H28FNO2. The van der Waals surface area contributed by atoms with Gasteiger partial charge in [0, 0.05) is 22.0 Å². The van der Waals surface area contributed by atoms with E-state index in [9.17, 15) is 9.18 Å². The summed E-state index contributed by atoms with van der Waals surface area (Å²) in [6, 6.07) is 18.4. The topological polar surface area (TPSA) is 38.3 Å². The third kappa shape index (κ3) is 3.79. The lowest BCUT2D eigenvalue weighted by atomic mass is 9.77. The molecule has 0 heterocycles. The Labute approximate surface area is 177 Å². The quantitative estimate of drug-likeness (QED) is 0.449. The van der Waals surface area contributed by atoms with Gasteiger partial charge < -0.3 is 10.1 Å². The van der Waals surface area contributed by atoms with E-state index < -0.39 is 5.41 Å². The molecule has 1 aliphatic rings. The SMILES string of the molecule is CCCCOc1ccc(NC(=O)C2(c3ccccc3F)CCCC2)c2ccccc12. The number of carbonyl (C=O) groups is 1. The second-order valence-corrected chi connectivity index (χ2v) is 8.08. The molecule has 1 aliphatic carbocycles. The molecule has 156 valence electrons. The van der Waals surface area contributed by atoms with Crippen molar-refractivity contribution in [3.05, 3.63) is 72.0 Å². The van der Waals surface area contributed by atoms with Gasteiger partial charge in [-0.2, -0.15) is 0 Å². The van der Waals surface area contributed by atoms with E-state index in [1.54, 1.807) is 12.1 Å². The van der Waals surface area contributed by atoms with E-state index in [0.29, 0.717) is 25.0 Å². The zero-order chi connectivity index (χ0) is 21.0. The van der Waals surface area contributed by atoms with Crippen molar-refractivity contribution in [2.24, 2.45) is 0 Å². The normalized spacial score (nSPS) is 15.3. The van der Waals surface area contributed by atoms with E-state index in [-0.39, 0.29) is 11.7 Å². The van der Waals surface area contributed by atoms with Gasteiger partial charge >= 0.3 is 0 Å². The van der Waals surface area contributed by atoms with E-state index >= 15 is 0 Å². The summed E-state index contributed by atoms with van der Waals surface area (Å²) in [6.45, 7) is 2.80. The number of unbranched alkanes of at least 4 members (excludes halogenated alkanes) is 1. The Morgan fingerprint density at radius 2 is 1.70 bits per heavy atom. The largest absolute Gasteiger partial charge is 0.493 e. The summed E-state index contributed by atoms with van der Waals surface area (Å²) in [7, 11) is 0. The Morgan fingerprint density at radius 3 is 2.43 bits per heavy atom. The van der Waals surface area contributed by atoms with Crippen LogP contribution in [0.4, 0.5) is 10.1 Å². The second kappa shape index (κ2) is 8.86. The Kier molecular flexibility index (Phi) is 6.03. The second-order valence-electron chi connectivity index (χ2n) is 8.08. The van der Waals surface area contributed by atoms with Crippen LogP contribution in [0.25, 0.3) is 10.8 Å². The van der Waals surface area contributed by atoms with Crippen LogP contribution in [0.3, 0.4) is 0 Å². The summed E-state index contributed by atoms with van der Waals surface area (Å²) in [6.07, 6.45) is 5.24. The van der Waals surface area contributed by atoms with Gasteiger partial charge in [-0.25, -0.2) is 4.39 Å². The highest BCUT2D eigenvalue weighted by Crippen LogP contribution is 2.43. The number of nitrogens with one attached hydrogen (secondary N) is 1. The predicted octanol–water partition coefficient (Wildman–Crippen LogP) is 6.61. The maximum atomic E-state index is 14.6. The predicted molar refractivity (Wildman–Crippen MR) is 120 cm³/mol.